The highest BCUT2D eigenvalue weighted by molar-refractivity contribution is 7.99. The van der Waals surface area contributed by atoms with Crippen LogP contribution in [0.15, 0.2) is 24.3 Å². The van der Waals surface area contributed by atoms with Gasteiger partial charge in [0, 0.05) is 17.5 Å². The lowest BCUT2D eigenvalue weighted by molar-refractivity contribution is -0.120. The number of nitrogens with one attached hydrogen (secondary N) is 1. The number of hydrogen-bond acceptors (Lipinski definition) is 3. The van der Waals surface area contributed by atoms with Crippen LogP contribution in [0.4, 0.5) is 5.69 Å². The molecule has 1 amide bonds. The van der Waals surface area contributed by atoms with E-state index >= 15 is 0 Å². The average molecular weight is 252 g/mol. The minimum Gasteiger partial charge on any atom is -0.399 e. The van der Waals surface area contributed by atoms with Crippen molar-refractivity contribution in [2.24, 2.45) is 0 Å². The Balaban J connectivity index is 2.30. The van der Waals surface area contributed by atoms with Crippen molar-refractivity contribution in [3.63, 3.8) is 0 Å². The number of carbonyl (C=O) groups is 1. The van der Waals surface area contributed by atoms with Crippen LogP contribution in [0.25, 0.3) is 0 Å². The minimum atomic E-state index is 0.0592. The summed E-state index contributed by atoms with van der Waals surface area (Å²) in [6, 6.07) is 7.44. The second-order valence-corrected chi connectivity index (χ2v) is 5.38. The molecule has 1 unspecified atom stereocenters. The Labute approximate surface area is 107 Å². The van der Waals surface area contributed by atoms with Gasteiger partial charge in [-0.1, -0.05) is 19.1 Å². The first kappa shape index (κ1) is 13.9. The van der Waals surface area contributed by atoms with E-state index in [9.17, 15) is 4.79 Å². The molecule has 0 aliphatic heterocycles. The molecule has 4 heteroatoms. The number of rotatable bonds is 6. The molecule has 17 heavy (non-hydrogen) atoms. The van der Waals surface area contributed by atoms with Gasteiger partial charge < -0.3 is 11.1 Å². The Kier molecular flexibility index (Phi) is 5.91. The second kappa shape index (κ2) is 7.22. The molecule has 0 aliphatic carbocycles. The highest BCUT2D eigenvalue weighted by Gasteiger charge is 2.04. The van der Waals surface area contributed by atoms with Gasteiger partial charge in [0.15, 0.2) is 0 Å². The predicted molar refractivity (Wildman–Crippen MR) is 75.2 cm³/mol. The zero-order valence-electron chi connectivity index (χ0n) is 10.4. The molecule has 0 aromatic heterocycles. The van der Waals surface area contributed by atoms with Crippen molar-refractivity contribution in [2.75, 3.05) is 18.5 Å². The number of carbonyl (C=O) groups excluding carboxylic acids is 1. The molecule has 1 aromatic rings. The SMILES string of the molecule is CSC(C)CCNC(=O)Cc1cccc(N)c1. The number of hydrogen-bond donors (Lipinski definition) is 2. The normalized spacial score (nSPS) is 12.1. The van der Waals surface area contributed by atoms with Crippen molar-refractivity contribution in [2.45, 2.75) is 25.0 Å². The van der Waals surface area contributed by atoms with E-state index in [-0.39, 0.29) is 5.91 Å². The highest BCUT2D eigenvalue weighted by atomic mass is 32.2. The van der Waals surface area contributed by atoms with Gasteiger partial charge >= 0.3 is 0 Å². The maximum absolute atomic E-state index is 11.6. The van der Waals surface area contributed by atoms with Crippen LogP contribution < -0.4 is 11.1 Å². The maximum Gasteiger partial charge on any atom is 0.224 e. The quantitative estimate of drug-likeness (QED) is 0.762. The molecule has 1 rings (SSSR count). The monoisotopic (exact) mass is 252 g/mol. The summed E-state index contributed by atoms with van der Waals surface area (Å²) in [6.07, 6.45) is 3.49. The molecule has 3 N–H and O–H groups in total. The van der Waals surface area contributed by atoms with Crippen molar-refractivity contribution in [3.05, 3.63) is 29.8 Å². The summed E-state index contributed by atoms with van der Waals surface area (Å²) in [4.78, 5) is 11.6. The molecule has 3 nitrogen and oxygen atoms in total. The summed E-state index contributed by atoms with van der Waals surface area (Å²) in [5.74, 6) is 0.0592. The maximum atomic E-state index is 11.6. The molecule has 1 aromatic carbocycles. The van der Waals surface area contributed by atoms with Crippen LogP contribution in [0.5, 0.6) is 0 Å². The van der Waals surface area contributed by atoms with Gasteiger partial charge in [0.05, 0.1) is 6.42 Å². The predicted octanol–water partition coefficient (Wildman–Crippen LogP) is 2.07. The minimum absolute atomic E-state index is 0.0592. The van der Waals surface area contributed by atoms with Crippen molar-refractivity contribution in [1.29, 1.82) is 0 Å². The average Bonchev–Trinajstić information content (AvgIpc) is 2.28. The van der Waals surface area contributed by atoms with E-state index in [1.165, 1.54) is 0 Å². The Bertz CT molecular complexity index is 368. The Morgan fingerprint density at radius 3 is 2.94 bits per heavy atom. The summed E-state index contributed by atoms with van der Waals surface area (Å²) in [5, 5.41) is 3.51. The lowest BCUT2D eigenvalue weighted by Crippen LogP contribution is -2.27. The lowest BCUT2D eigenvalue weighted by atomic mass is 10.1. The molecule has 0 fully saturated rings. The molecular formula is C13H20N2OS. The van der Waals surface area contributed by atoms with E-state index in [4.69, 9.17) is 5.73 Å². The van der Waals surface area contributed by atoms with Crippen LogP contribution >= 0.6 is 11.8 Å². The van der Waals surface area contributed by atoms with Crippen LogP contribution in [0.1, 0.15) is 18.9 Å². The molecule has 94 valence electrons. The van der Waals surface area contributed by atoms with Gasteiger partial charge in [-0.15, -0.1) is 0 Å². The fraction of sp³-hybridized carbons (Fsp3) is 0.462. The van der Waals surface area contributed by atoms with Gasteiger partial charge in [0.1, 0.15) is 0 Å². The third-order valence-corrected chi connectivity index (χ3v) is 3.63. The van der Waals surface area contributed by atoms with Gasteiger partial charge in [0.2, 0.25) is 5.91 Å². The summed E-state index contributed by atoms with van der Waals surface area (Å²) in [5.41, 5.74) is 7.32. The van der Waals surface area contributed by atoms with Crippen molar-refractivity contribution < 1.29 is 4.79 Å². The third-order valence-electron chi connectivity index (χ3n) is 2.59. The van der Waals surface area contributed by atoms with E-state index in [1.54, 1.807) is 0 Å². The Morgan fingerprint density at radius 2 is 2.29 bits per heavy atom. The topological polar surface area (TPSA) is 55.1 Å². The van der Waals surface area contributed by atoms with Crippen molar-refractivity contribution >= 4 is 23.4 Å². The first-order valence-electron chi connectivity index (χ1n) is 5.75. The molecule has 0 spiro atoms. The summed E-state index contributed by atoms with van der Waals surface area (Å²) in [7, 11) is 0. The zero-order chi connectivity index (χ0) is 12.7. The van der Waals surface area contributed by atoms with Crippen LogP contribution in [-0.4, -0.2) is 24.0 Å². The standard InChI is InChI=1S/C13H20N2OS/c1-10(17-2)6-7-15-13(16)9-11-4-3-5-12(14)8-11/h3-5,8,10H,6-7,9,14H2,1-2H3,(H,15,16). The fourth-order valence-corrected chi connectivity index (χ4v) is 1.84. The van der Waals surface area contributed by atoms with Gasteiger partial charge in [-0.25, -0.2) is 0 Å². The molecule has 1 atom stereocenters. The Hall–Kier alpha value is -1.16. The number of amides is 1. The number of anilines is 1. The molecule has 0 aliphatic rings. The molecule has 0 bridgehead atoms. The molecular weight excluding hydrogens is 232 g/mol. The van der Waals surface area contributed by atoms with Crippen LogP contribution in [0.2, 0.25) is 0 Å². The summed E-state index contributed by atoms with van der Waals surface area (Å²) >= 11 is 1.81. The summed E-state index contributed by atoms with van der Waals surface area (Å²) in [6.45, 7) is 2.90. The number of thioether (sulfide) groups is 1. The van der Waals surface area contributed by atoms with E-state index in [1.807, 2.05) is 36.0 Å². The van der Waals surface area contributed by atoms with Crippen molar-refractivity contribution in [3.8, 4) is 0 Å². The number of nitrogens with two attached hydrogens (primary N) is 1. The lowest BCUT2D eigenvalue weighted by Gasteiger charge is -2.09. The number of benzene rings is 1. The van der Waals surface area contributed by atoms with E-state index in [2.05, 4.69) is 18.5 Å². The zero-order valence-corrected chi connectivity index (χ0v) is 11.2. The number of nitrogen functional groups attached to an aromatic ring is 1. The van der Waals surface area contributed by atoms with E-state index in [0.717, 1.165) is 18.5 Å². The van der Waals surface area contributed by atoms with Crippen molar-refractivity contribution in [1.82, 2.24) is 5.32 Å². The molecule has 0 heterocycles. The van der Waals surface area contributed by atoms with Gasteiger partial charge in [-0.05, 0) is 30.4 Å². The largest absolute Gasteiger partial charge is 0.399 e. The first-order valence-corrected chi connectivity index (χ1v) is 7.04. The van der Waals surface area contributed by atoms with Gasteiger partial charge in [-0.2, -0.15) is 11.8 Å². The second-order valence-electron chi connectivity index (χ2n) is 4.11. The van der Waals surface area contributed by atoms with Gasteiger partial charge in [-0.3, -0.25) is 4.79 Å². The van der Waals surface area contributed by atoms with Crippen LogP contribution in [0.3, 0.4) is 0 Å². The third kappa shape index (κ3) is 5.63. The summed E-state index contributed by atoms with van der Waals surface area (Å²) < 4.78 is 0. The Morgan fingerprint density at radius 1 is 1.53 bits per heavy atom. The molecule has 0 radical (unpaired) electrons. The molecule has 0 saturated heterocycles. The first-order chi connectivity index (χ1) is 8.11. The van der Waals surface area contributed by atoms with Crippen LogP contribution in [-0.2, 0) is 11.2 Å². The van der Waals surface area contributed by atoms with E-state index < -0.39 is 0 Å². The fourth-order valence-electron chi connectivity index (χ4n) is 1.48. The molecule has 0 saturated carbocycles. The van der Waals surface area contributed by atoms with E-state index in [0.29, 0.717) is 17.4 Å². The highest BCUT2D eigenvalue weighted by Crippen LogP contribution is 2.09. The smallest absolute Gasteiger partial charge is 0.224 e. The van der Waals surface area contributed by atoms with Gasteiger partial charge in [0.25, 0.3) is 0 Å². The van der Waals surface area contributed by atoms with Crippen LogP contribution in [0, 0.1) is 0 Å².